The molecule has 1 aliphatic heterocycles. The molecule has 6 atom stereocenters. The van der Waals surface area contributed by atoms with Gasteiger partial charge >= 0.3 is 5.97 Å². The molecule has 1 N–H and O–H groups in total. The van der Waals surface area contributed by atoms with Crippen LogP contribution in [0.15, 0.2) is 0 Å². The molecular formula is C34H68O6Si2. The molecule has 6 nitrogen and oxygen atoms in total. The van der Waals surface area contributed by atoms with E-state index in [1.165, 1.54) is 6.42 Å². The first-order valence-corrected chi connectivity index (χ1v) is 23.2. The van der Waals surface area contributed by atoms with E-state index in [1.807, 2.05) is 0 Å². The highest BCUT2D eigenvalue weighted by atomic mass is 28.4. The van der Waals surface area contributed by atoms with Crippen molar-refractivity contribution in [2.45, 2.75) is 181 Å². The molecule has 0 bridgehead atoms. The minimum absolute atomic E-state index is 0.0285. The minimum atomic E-state index is -2.11. The number of ether oxygens (including phenoxy) is 2. The zero-order valence-electron chi connectivity index (χ0n) is 29.9. The third kappa shape index (κ3) is 10.1. The topological polar surface area (TPSA) is 74.2 Å². The Labute approximate surface area is 261 Å². The van der Waals surface area contributed by atoms with Gasteiger partial charge in [0.1, 0.15) is 0 Å². The van der Waals surface area contributed by atoms with Gasteiger partial charge in [0.2, 0.25) is 0 Å². The fourth-order valence-corrected chi connectivity index (χ4v) is 10.1. The second kappa shape index (κ2) is 14.0. The SMILES string of the molecule is CC1CCC(C(C)C)C2(C1)OCCC(CC(CCCC(CC(=O)O)O[Si](C)(C)C(C)(C)C)(O[Si](C)(C)C)C(C)(C)C)O2. The van der Waals surface area contributed by atoms with Gasteiger partial charge in [-0.05, 0) is 87.1 Å². The van der Waals surface area contributed by atoms with Crippen molar-refractivity contribution < 1.29 is 28.2 Å². The normalized spacial score (nSPS) is 28.6. The Balaban J connectivity index is 2.35. The van der Waals surface area contributed by atoms with Crippen LogP contribution in [0.25, 0.3) is 0 Å². The number of rotatable bonds is 13. The van der Waals surface area contributed by atoms with E-state index >= 15 is 0 Å². The summed E-state index contributed by atoms with van der Waals surface area (Å²) in [7, 11) is -4.06. The molecule has 1 saturated heterocycles. The Morgan fingerprint density at radius 2 is 1.64 bits per heavy atom. The van der Waals surface area contributed by atoms with Crippen LogP contribution >= 0.6 is 0 Å². The Bertz CT molecular complexity index is 871. The lowest BCUT2D eigenvalue weighted by Crippen LogP contribution is -2.58. The molecule has 2 rings (SSSR count). The molecule has 0 aromatic heterocycles. The average molecular weight is 629 g/mol. The number of aliphatic carboxylic acids is 1. The third-order valence-electron chi connectivity index (χ3n) is 10.3. The van der Waals surface area contributed by atoms with Crippen LogP contribution in [0.5, 0.6) is 0 Å². The molecule has 6 unspecified atom stereocenters. The van der Waals surface area contributed by atoms with Gasteiger partial charge in [-0.3, -0.25) is 4.79 Å². The summed E-state index contributed by atoms with van der Waals surface area (Å²) in [6.07, 6.45) is 7.32. The average Bonchev–Trinajstić information content (AvgIpc) is 2.75. The van der Waals surface area contributed by atoms with E-state index < -0.39 is 28.4 Å². The van der Waals surface area contributed by atoms with Gasteiger partial charge in [0, 0.05) is 18.8 Å². The molecule has 1 heterocycles. The molecule has 1 saturated carbocycles. The summed E-state index contributed by atoms with van der Waals surface area (Å²) in [6, 6.07) is 0. The quantitative estimate of drug-likeness (QED) is 0.205. The van der Waals surface area contributed by atoms with Crippen LogP contribution in [-0.2, 0) is 23.1 Å². The van der Waals surface area contributed by atoms with Crippen molar-refractivity contribution in [2.24, 2.45) is 23.2 Å². The van der Waals surface area contributed by atoms with Crippen molar-refractivity contribution in [3.05, 3.63) is 0 Å². The second-order valence-corrected chi connectivity index (χ2v) is 26.8. The first-order valence-electron chi connectivity index (χ1n) is 16.8. The van der Waals surface area contributed by atoms with E-state index in [0.29, 0.717) is 17.8 Å². The smallest absolute Gasteiger partial charge is 0.305 e. The summed E-state index contributed by atoms with van der Waals surface area (Å²) in [5.74, 6) is 0.218. The fraction of sp³-hybridized carbons (Fsp3) is 0.971. The summed E-state index contributed by atoms with van der Waals surface area (Å²) in [5.41, 5.74) is -0.513. The molecule has 0 amide bonds. The maximum atomic E-state index is 11.8. The predicted molar refractivity (Wildman–Crippen MR) is 179 cm³/mol. The standard InChI is InChI=1S/C34H68O6Si2/c1-25(2)29-18-17-26(3)23-34(29)37-21-19-28(38-34)24-33(31(4,5)6,40-41(10,11)12)20-15-16-27(22-30(35)36)39-42(13,14)32(7,8)9/h25-29H,15-24H2,1-14H3,(H,35,36). The minimum Gasteiger partial charge on any atom is -0.481 e. The highest BCUT2D eigenvalue weighted by Crippen LogP contribution is 2.50. The molecule has 42 heavy (non-hydrogen) atoms. The Kier molecular flexibility index (Phi) is 12.7. The van der Waals surface area contributed by atoms with Gasteiger partial charge in [0.15, 0.2) is 22.4 Å². The van der Waals surface area contributed by atoms with Gasteiger partial charge in [-0.25, -0.2) is 0 Å². The van der Waals surface area contributed by atoms with Crippen LogP contribution in [0, 0.1) is 23.2 Å². The molecule has 248 valence electrons. The number of hydrogen-bond donors (Lipinski definition) is 1. The van der Waals surface area contributed by atoms with E-state index in [1.54, 1.807) is 0 Å². The van der Waals surface area contributed by atoms with E-state index in [-0.39, 0.29) is 34.7 Å². The molecule has 0 radical (unpaired) electrons. The van der Waals surface area contributed by atoms with Gasteiger partial charge in [0.25, 0.3) is 0 Å². The third-order valence-corrected chi connectivity index (χ3v) is 15.9. The maximum Gasteiger partial charge on any atom is 0.305 e. The number of carboxylic acid groups (broad SMARTS) is 1. The largest absolute Gasteiger partial charge is 0.481 e. The molecule has 2 aliphatic rings. The molecule has 1 spiro atoms. The summed E-state index contributed by atoms with van der Waals surface area (Å²) >= 11 is 0. The molecule has 0 aromatic carbocycles. The highest BCUT2D eigenvalue weighted by molar-refractivity contribution is 6.74. The van der Waals surface area contributed by atoms with E-state index in [0.717, 1.165) is 51.6 Å². The van der Waals surface area contributed by atoms with Crippen molar-refractivity contribution in [1.82, 2.24) is 0 Å². The van der Waals surface area contributed by atoms with Gasteiger partial charge < -0.3 is 23.4 Å². The van der Waals surface area contributed by atoms with Gasteiger partial charge in [-0.15, -0.1) is 0 Å². The monoisotopic (exact) mass is 628 g/mol. The van der Waals surface area contributed by atoms with Crippen LogP contribution in [0.1, 0.15) is 120 Å². The second-order valence-electron chi connectivity index (χ2n) is 17.6. The molecule has 2 fully saturated rings. The van der Waals surface area contributed by atoms with Gasteiger partial charge in [-0.1, -0.05) is 68.7 Å². The lowest BCUT2D eigenvalue weighted by molar-refractivity contribution is -0.344. The predicted octanol–water partition coefficient (Wildman–Crippen LogP) is 9.64. The fourth-order valence-electron chi connectivity index (χ4n) is 7.04. The lowest BCUT2D eigenvalue weighted by atomic mass is 9.69. The van der Waals surface area contributed by atoms with Crippen LogP contribution < -0.4 is 0 Å². The number of carboxylic acids is 1. The number of carbonyl (C=O) groups is 1. The molecule has 8 heteroatoms. The van der Waals surface area contributed by atoms with Crippen molar-refractivity contribution in [2.75, 3.05) is 6.61 Å². The van der Waals surface area contributed by atoms with Crippen LogP contribution in [-0.4, -0.2) is 57.9 Å². The van der Waals surface area contributed by atoms with E-state index in [9.17, 15) is 9.90 Å². The Morgan fingerprint density at radius 3 is 2.14 bits per heavy atom. The van der Waals surface area contributed by atoms with Crippen LogP contribution in [0.3, 0.4) is 0 Å². The molecule has 0 aromatic rings. The van der Waals surface area contributed by atoms with Crippen molar-refractivity contribution in [3.8, 4) is 0 Å². The van der Waals surface area contributed by atoms with Crippen molar-refractivity contribution in [3.63, 3.8) is 0 Å². The zero-order chi connectivity index (χ0) is 32.4. The molecular weight excluding hydrogens is 561 g/mol. The van der Waals surface area contributed by atoms with E-state index in [2.05, 4.69) is 95.0 Å². The Hall–Kier alpha value is -0.256. The first kappa shape index (κ1) is 37.9. The van der Waals surface area contributed by atoms with Crippen LogP contribution in [0.4, 0.5) is 0 Å². The lowest BCUT2D eigenvalue weighted by Gasteiger charge is -2.54. The summed E-state index contributed by atoms with van der Waals surface area (Å²) in [4.78, 5) is 11.8. The summed E-state index contributed by atoms with van der Waals surface area (Å²) in [5, 5.41) is 9.76. The molecule has 1 aliphatic carbocycles. The van der Waals surface area contributed by atoms with Crippen molar-refractivity contribution in [1.29, 1.82) is 0 Å². The van der Waals surface area contributed by atoms with Gasteiger partial charge in [0.05, 0.1) is 30.8 Å². The highest BCUT2D eigenvalue weighted by Gasteiger charge is 2.53. The number of hydrogen-bond acceptors (Lipinski definition) is 5. The Morgan fingerprint density at radius 1 is 1.02 bits per heavy atom. The van der Waals surface area contributed by atoms with Gasteiger partial charge in [-0.2, -0.15) is 0 Å². The maximum absolute atomic E-state index is 11.8. The zero-order valence-corrected chi connectivity index (χ0v) is 31.9. The van der Waals surface area contributed by atoms with E-state index in [4.69, 9.17) is 18.3 Å². The summed E-state index contributed by atoms with van der Waals surface area (Å²) in [6.45, 7) is 32.5. The van der Waals surface area contributed by atoms with Crippen LogP contribution in [0.2, 0.25) is 37.8 Å². The van der Waals surface area contributed by atoms with Crippen molar-refractivity contribution >= 4 is 22.6 Å². The summed E-state index contributed by atoms with van der Waals surface area (Å²) < 4.78 is 27.6. The first-order chi connectivity index (χ1) is 18.9.